The van der Waals surface area contributed by atoms with Crippen molar-refractivity contribution in [3.8, 4) is 17.1 Å². The highest BCUT2D eigenvalue weighted by Gasteiger charge is 2.20. The summed E-state index contributed by atoms with van der Waals surface area (Å²) in [7, 11) is 0. The molecule has 1 aromatic heterocycles. The van der Waals surface area contributed by atoms with E-state index in [1.54, 1.807) is 47.9 Å². The quantitative estimate of drug-likeness (QED) is 0.249. The molecular formula is C21H20FN5O2S. The number of benzene rings is 2. The topological polar surface area (TPSA) is 92.4 Å². The Balaban J connectivity index is 1.70. The van der Waals surface area contributed by atoms with Gasteiger partial charge >= 0.3 is 0 Å². The maximum atomic E-state index is 13.2. The molecule has 7 nitrogen and oxygen atoms in total. The molecule has 0 fully saturated rings. The van der Waals surface area contributed by atoms with Gasteiger partial charge in [-0.05, 0) is 43.3 Å². The molecule has 9 heteroatoms. The van der Waals surface area contributed by atoms with Gasteiger partial charge in [-0.1, -0.05) is 30.0 Å². The Labute approximate surface area is 177 Å². The number of amides is 1. The highest BCUT2D eigenvalue weighted by atomic mass is 32.2. The molecule has 0 spiro atoms. The number of phenolic OH excluding ortho intramolecular Hbond substituents is 1. The van der Waals surface area contributed by atoms with E-state index in [0.29, 0.717) is 28.7 Å². The Morgan fingerprint density at radius 1 is 1.30 bits per heavy atom. The molecule has 0 saturated heterocycles. The summed E-state index contributed by atoms with van der Waals surface area (Å²) >= 11 is 1.22. The molecule has 1 atom stereocenters. The third-order valence-corrected chi connectivity index (χ3v) is 5.18. The summed E-state index contributed by atoms with van der Waals surface area (Å²) in [5, 5.41) is 22.0. The van der Waals surface area contributed by atoms with Crippen LogP contribution in [-0.2, 0) is 11.3 Å². The van der Waals surface area contributed by atoms with Crippen LogP contribution in [0.5, 0.6) is 5.75 Å². The zero-order chi connectivity index (χ0) is 21.5. The normalized spacial score (nSPS) is 12.1. The van der Waals surface area contributed by atoms with E-state index >= 15 is 0 Å². The maximum Gasteiger partial charge on any atom is 0.253 e. The Hall–Kier alpha value is -3.46. The predicted octanol–water partition coefficient (Wildman–Crippen LogP) is 3.61. The molecule has 30 heavy (non-hydrogen) atoms. The first kappa shape index (κ1) is 21.3. The third-order valence-electron chi connectivity index (χ3n) is 4.10. The van der Waals surface area contributed by atoms with Crippen LogP contribution in [0.4, 0.5) is 4.39 Å². The van der Waals surface area contributed by atoms with Crippen LogP contribution < -0.4 is 5.43 Å². The van der Waals surface area contributed by atoms with Crippen molar-refractivity contribution < 1.29 is 14.3 Å². The van der Waals surface area contributed by atoms with Gasteiger partial charge in [0.1, 0.15) is 11.6 Å². The minimum atomic E-state index is -0.514. The van der Waals surface area contributed by atoms with E-state index in [0.717, 1.165) is 0 Å². The van der Waals surface area contributed by atoms with Crippen molar-refractivity contribution in [2.24, 2.45) is 5.10 Å². The van der Waals surface area contributed by atoms with Gasteiger partial charge in [0.15, 0.2) is 11.0 Å². The van der Waals surface area contributed by atoms with Crippen molar-refractivity contribution in [3.63, 3.8) is 0 Å². The lowest BCUT2D eigenvalue weighted by Gasteiger charge is -2.11. The molecule has 2 N–H and O–H groups in total. The summed E-state index contributed by atoms with van der Waals surface area (Å²) < 4.78 is 15.0. The fourth-order valence-corrected chi connectivity index (χ4v) is 3.40. The van der Waals surface area contributed by atoms with Crippen molar-refractivity contribution in [1.82, 2.24) is 20.2 Å². The SMILES string of the molecule is C=CCn1c(SC(C)C(=O)N/N=C/c2ccccc2O)nnc1-c1ccc(F)cc1. The fraction of sp³-hybridized carbons (Fsp3) is 0.143. The van der Waals surface area contributed by atoms with Crippen molar-refractivity contribution >= 4 is 23.9 Å². The Kier molecular flexibility index (Phi) is 6.97. The van der Waals surface area contributed by atoms with E-state index in [1.165, 1.54) is 36.2 Å². The average Bonchev–Trinajstić information content (AvgIpc) is 3.12. The monoisotopic (exact) mass is 425 g/mol. The molecule has 1 amide bonds. The molecule has 154 valence electrons. The summed E-state index contributed by atoms with van der Waals surface area (Å²) in [6, 6.07) is 12.6. The van der Waals surface area contributed by atoms with Crippen molar-refractivity contribution in [2.45, 2.75) is 23.9 Å². The Morgan fingerprint density at radius 3 is 2.73 bits per heavy atom. The van der Waals surface area contributed by atoms with Crippen LogP contribution >= 0.6 is 11.8 Å². The van der Waals surface area contributed by atoms with E-state index in [2.05, 4.69) is 27.3 Å². The van der Waals surface area contributed by atoms with Crippen molar-refractivity contribution in [2.75, 3.05) is 0 Å². The second-order valence-electron chi connectivity index (χ2n) is 6.27. The lowest BCUT2D eigenvalue weighted by atomic mass is 10.2. The number of halogens is 1. The summed E-state index contributed by atoms with van der Waals surface area (Å²) in [6.07, 6.45) is 3.07. The minimum Gasteiger partial charge on any atom is -0.507 e. The number of thioether (sulfide) groups is 1. The number of nitrogens with one attached hydrogen (secondary N) is 1. The standard InChI is InChI=1S/C21H20FN5O2S/c1-3-12-27-19(15-8-10-17(22)11-9-15)24-26-21(27)30-14(2)20(29)25-23-13-16-6-4-5-7-18(16)28/h3-11,13-14,28H,1,12H2,2H3,(H,25,29)/b23-13+. The van der Waals surface area contributed by atoms with Crippen molar-refractivity contribution in [3.05, 3.63) is 72.6 Å². The minimum absolute atomic E-state index is 0.0729. The molecule has 3 rings (SSSR count). The summed E-state index contributed by atoms with van der Waals surface area (Å²) in [5.41, 5.74) is 3.66. The summed E-state index contributed by atoms with van der Waals surface area (Å²) in [5.74, 6) is -0.0349. The van der Waals surface area contributed by atoms with E-state index in [4.69, 9.17) is 0 Å². The van der Waals surface area contributed by atoms with Crippen LogP contribution in [0.2, 0.25) is 0 Å². The molecule has 0 saturated carbocycles. The number of phenols is 1. The lowest BCUT2D eigenvalue weighted by Crippen LogP contribution is -2.27. The van der Waals surface area contributed by atoms with Gasteiger partial charge in [0.05, 0.1) is 11.5 Å². The number of carbonyl (C=O) groups is 1. The number of aromatic nitrogens is 3. The highest BCUT2D eigenvalue weighted by Crippen LogP contribution is 2.27. The van der Waals surface area contributed by atoms with Crippen LogP contribution in [0.25, 0.3) is 11.4 Å². The number of allylic oxidation sites excluding steroid dienone is 1. The van der Waals surface area contributed by atoms with Crippen LogP contribution in [-0.4, -0.2) is 37.2 Å². The zero-order valence-electron chi connectivity index (χ0n) is 16.2. The zero-order valence-corrected chi connectivity index (χ0v) is 17.0. The number of para-hydroxylation sites is 1. The van der Waals surface area contributed by atoms with Gasteiger partial charge in [0, 0.05) is 17.7 Å². The molecule has 2 aromatic carbocycles. The molecule has 1 heterocycles. The second-order valence-corrected chi connectivity index (χ2v) is 7.57. The van der Waals surface area contributed by atoms with Gasteiger partial charge in [0.2, 0.25) is 0 Å². The number of hydrazone groups is 1. The first-order valence-electron chi connectivity index (χ1n) is 9.07. The van der Waals surface area contributed by atoms with Crippen LogP contribution in [0.15, 0.2) is 71.4 Å². The van der Waals surface area contributed by atoms with E-state index in [-0.39, 0.29) is 17.5 Å². The largest absolute Gasteiger partial charge is 0.507 e. The molecule has 0 radical (unpaired) electrons. The molecule has 1 unspecified atom stereocenters. The van der Waals surface area contributed by atoms with Gasteiger partial charge in [-0.3, -0.25) is 9.36 Å². The molecule has 0 aliphatic carbocycles. The van der Waals surface area contributed by atoms with Gasteiger partial charge in [-0.2, -0.15) is 5.10 Å². The average molecular weight is 425 g/mol. The Bertz CT molecular complexity index is 1070. The number of hydrogen-bond acceptors (Lipinski definition) is 6. The smallest absolute Gasteiger partial charge is 0.253 e. The number of nitrogens with zero attached hydrogens (tertiary/aromatic N) is 4. The lowest BCUT2D eigenvalue weighted by molar-refractivity contribution is -0.120. The van der Waals surface area contributed by atoms with Gasteiger partial charge in [-0.15, -0.1) is 16.8 Å². The summed E-state index contributed by atoms with van der Waals surface area (Å²) in [4.78, 5) is 12.4. The second kappa shape index (κ2) is 9.84. The molecule has 0 aliphatic rings. The number of aromatic hydroxyl groups is 1. The first-order valence-corrected chi connectivity index (χ1v) is 9.95. The van der Waals surface area contributed by atoms with Gasteiger partial charge < -0.3 is 5.11 Å². The van der Waals surface area contributed by atoms with Crippen molar-refractivity contribution in [1.29, 1.82) is 0 Å². The van der Waals surface area contributed by atoms with Crippen LogP contribution in [0, 0.1) is 5.82 Å². The third kappa shape index (κ3) is 5.12. The van der Waals surface area contributed by atoms with E-state index in [9.17, 15) is 14.3 Å². The number of hydrogen-bond donors (Lipinski definition) is 2. The maximum absolute atomic E-state index is 13.2. The molecular weight excluding hydrogens is 405 g/mol. The van der Waals surface area contributed by atoms with Gasteiger partial charge in [0.25, 0.3) is 5.91 Å². The van der Waals surface area contributed by atoms with E-state index < -0.39 is 5.25 Å². The Morgan fingerprint density at radius 2 is 2.03 bits per heavy atom. The van der Waals surface area contributed by atoms with Gasteiger partial charge in [-0.25, -0.2) is 9.82 Å². The summed E-state index contributed by atoms with van der Waals surface area (Å²) in [6.45, 7) is 5.91. The fourth-order valence-electron chi connectivity index (χ4n) is 2.55. The number of carbonyl (C=O) groups excluding carboxylic acids is 1. The van der Waals surface area contributed by atoms with Crippen LogP contribution in [0.3, 0.4) is 0 Å². The molecule has 0 bridgehead atoms. The number of rotatable bonds is 8. The predicted molar refractivity (Wildman–Crippen MR) is 115 cm³/mol. The molecule has 3 aromatic rings. The first-order chi connectivity index (χ1) is 14.5. The highest BCUT2D eigenvalue weighted by molar-refractivity contribution is 8.00. The molecule has 0 aliphatic heterocycles. The van der Waals surface area contributed by atoms with E-state index in [1.807, 2.05) is 0 Å². The van der Waals surface area contributed by atoms with Crippen LogP contribution in [0.1, 0.15) is 12.5 Å².